The zero-order valence-electron chi connectivity index (χ0n) is 9.25. The van der Waals surface area contributed by atoms with Crippen LogP contribution in [0.25, 0.3) is 0 Å². The van der Waals surface area contributed by atoms with Gasteiger partial charge in [0.05, 0.1) is 6.10 Å². The van der Waals surface area contributed by atoms with E-state index in [-0.39, 0.29) is 0 Å². The Bertz CT molecular complexity index is 452. The molecule has 1 unspecified atom stereocenters. The molecular formula is C12H13NO4. The summed E-state index contributed by atoms with van der Waals surface area (Å²) >= 11 is 0. The summed E-state index contributed by atoms with van der Waals surface area (Å²) in [5.74, 6) is -1.71. The molecule has 0 aliphatic rings. The highest BCUT2D eigenvalue weighted by Crippen LogP contribution is 2.16. The van der Waals surface area contributed by atoms with E-state index in [2.05, 4.69) is 5.32 Å². The third-order valence-corrected chi connectivity index (χ3v) is 2.01. The normalized spacial score (nSPS) is 12.4. The average Bonchev–Trinajstić information content (AvgIpc) is 2.26. The molecule has 0 saturated heterocycles. The minimum absolute atomic E-state index is 0.503. The Morgan fingerprint density at radius 2 is 2.06 bits per heavy atom. The maximum Gasteiger partial charge on any atom is 0.328 e. The van der Waals surface area contributed by atoms with Crippen LogP contribution in [0.2, 0.25) is 0 Å². The van der Waals surface area contributed by atoms with Gasteiger partial charge in [0.15, 0.2) is 0 Å². The second-order valence-electron chi connectivity index (χ2n) is 3.46. The van der Waals surface area contributed by atoms with Crippen molar-refractivity contribution in [2.24, 2.45) is 0 Å². The molecule has 1 aromatic carbocycles. The number of rotatable bonds is 4. The molecular weight excluding hydrogens is 222 g/mol. The highest BCUT2D eigenvalue weighted by Gasteiger charge is 2.03. The quantitative estimate of drug-likeness (QED) is 0.687. The molecule has 90 valence electrons. The fraction of sp³-hybridized carbons (Fsp3) is 0.167. The second kappa shape index (κ2) is 5.81. The van der Waals surface area contributed by atoms with Crippen molar-refractivity contribution in [1.29, 1.82) is 0 Å². The summed E-state index contributed by atoms with van der Waals surface area (Å²) in [5, 5.41) is 20.2. The Morgan fingerprint density at radius 3 is 2.65 bits per heavy atom. The van der Waals surface area contributed by atoms with E-state index >= 15 is 0 Å². The van der Waals surface area contributed by atoms with Crippen LogP contribution in [0.3, 0.4) is 0 Å². The van der Waals surface area contributed by atoms with Crippen LogP contribution in [-0.4, -0.2) is 22.1 Å². The van der Waals surface area contributed by atoms with E-state index in [1.54, 1.807) is 31.2 Å². The van der Waals surface area contributed by atoms with E-state index in [9.17, 15) is 14.7 Å². The number of carbonyl (C=O) groups is 2. The van der Waals surface area contributed by atoms with Gasteiger partial charge >= 0.3 is 5.97 Å². The standard InChI is InChI=1S/C12H13NO4/c1-8(14)9-3-2-4-10(7-9)13-11(15)5-6-12(16)17/h2-8,14H,1H3,(H,13,15)(H,16,17)/b6-5-. The lowest BCUT2D eigenvalue weighted by atomic mass is 10.1. The minimum atomic E-state index is -1.18. The van der Waals surface area contributed by atoms with Crippen molar-refractivity contribution in [2.45, 2.75) is 13.0 Å². The first-order chi connectivity index (χ1) is 7.99. The Kier molecular flexibility index (Phi) is 4.42. The number of carboxylic acid groups (broad SMARTS) is 1. The highest BCUT2D eigenvalue weighted by atomic mass is 16.4. The van der Waals surface area contributed by atoms with Gasteiger partial charge in [-0.25, -0.2) is 4.79 Å². The van der Waals surface area contributed by atoms with Crippen LogP contribution >= 0.6 is 0 Å². The van der Waals surface area contributed by atoms with E-state index in [4.69, 9.17) is 5.11 Å². The Balaban J connectivity index is 2.72. The fourth-order valence-corrected chi connectivity index (χ4v) is 1.21. The molecule has 0 spiro atoms. The van der Waals surface area contributed by atoms with Crippen molar-refractivity contribution in [1.82, 2.24) is 0 Å². The molecule has 0 fully saturated rings. The number of carboxylic acids is 1. The number of carbonyl (C=O) groups excluding carboxylic acids is 1. The molecule has 1 rings (SSSR count). The molecule has 0 aromatic heterocycles. The second-order valence-corrected chi connectivity index (χ2v) is 3.46. The van der Waals surface area contributed by atoms with E-state index in [1.165, 1.54) is 0 Å². The van der Waals surface area contributed by atoms with E-state index in [0.29, 0.717) is 11.3 Å². The number of aliphatic hydroxyl groups is 1. The molecule has 1 amide bonds. The van der Waals surface area contributed by atoms with Crippen LogP contribution in [-0.2, 0) is 9.59 Å². The molecule has 0 aliphatic carbocycles. The number of hydrogen-bond acceptors (Lipinski definition) is 3. The van der Waals surface area contributed by atoms with Crippen LogP contribution < -0.4 is 5.32 Å². The SMILES string of the molecule is CC(O)c1cccc(NC(=O)/C=C\C(=O)O)c1. The first kappa shape index (κ1) is 12.9. The molecule has 5 heteroatoms. The Hall–Kier alpha value is -2.14. The molecule has 1 atom stereocenters. The van der Waals surface area contributed by atoms with Gasteiger partial charge in [0.2, 0.25) is 5.91 Å². The van der Waals surface area contributed by atoms with E-state index in [0.717, 1.165) is 12.2 Å². The molecule has 3 N–H and O–H groups in total. The topological polar surface area (TPSA) is 86.6 Å². The summed E-state index contributed by atoms with van der Waals surface area (Å²) in [6.07, 6.45) is 1.06. The number of aliphatic carboxylic acids is 1. The lowest BCUT2D eigenvalue weighted by molar-refractivity contribution is -0.131. The van der Waals surface area contributed by atoms with Gasteiger partial charge in [-0.1, -0.05) is 12.1 Å². The molecule has 0 heterocycles. The average molecular weight is 235 g/mol. The summed E-state index contributed by atoms with van der Waals surface area (Å²) in [4.78, 5) is 21.5. The van der Waals surface area contributed by atoms with Crippen molar-refractivity contribution >= 4 is 17.6 Å². The molecule has 0 radical (unpaired) electrons. The summed E-state index contributed by atoms with van der Waals surface area (Å²) in [5.41, 5.74) is 1.17. The summed E-state index contributed by atoms with van der Waals surface area (Å²) < 4.78 is 0. The van der Waals surface area contributed by atoms with Gasteiger partial charge in [0, 0.05) is 17.8 Å². The third-order valence-electron chi connectivity index (χ3n) is 2.01. The van der Waals surface area contributed by atoms with Crippen molar-refractivity contribution in [3.63, 3.8) is 0 Å². The van der Waals surface area contributed by atoms with Gasteiger partial charge in [0.25, 0.3) is 0 Å². The minimum Gasteiger partial charge on any atom is -0.478 e. The molecule has 1 aromatic rings. The summed E-state index contributed by atoms with van der Waals surface area (Å²) in [6.45, 7) is 1.62. The zero-order valence-corrected chi connectivity index (χ0v) is 9.25. The van der Waals surface area contributed by atoms with Crippen molar-refractivity contribution in [3.8, 4) is 0 Å². The van der Waals surface area contributed by atoms with Crippen LogP contribution in [0, 0.1) is 0 Å². The van der Waals surface area contributed by atoms with Gasteiger partial charge in [-0.05, 0) is 24.6 Å². The van der Waals surface area contributed by atoms with Crippen LogP contribution in [0.5, 0.6) is 0 Å². The summed E-state index contributed by atoms with van der Waals surface area (Å²) in [6, 6.07) is 6.70. The number of benzene rings is 1. The number of nitrogens with one attached hydrogen (secondary N) is 1. The molecule has 0 aliphatic heterocycles. The van der Waals surface area contributed by atoms with Crippen LogP contribution in [0.4, 0.5) is 5.69 Å². The largest absolute Gasteiger partial charge is 0.478 e. The van der Waals surface area contributed by atoms with Gasteiger partial charge < -0.3 is 15.5 Å². The molecule has 0 saturated carbocycles. The lowest BCUT2D eigenvalue weighted by Gasteiger charge is -2.07. The molecule has 17 heavy (non-hydrogen) atoms. The molecule has 0 bridgehead atoms. The third kappa shape index (κ3) is 4.48. The highest BCUT2D eigenvalue weighted by molar-refractivity contribution is 6.02. The zero-order chi connectivity index (χ0) is 12.8. The predicted octanol–water partition coefficient (Wildman–Crippen LogP) is 1.32. The lowest BCUT2D eigenvalue weighted by Crippen LogP contribution is -2.09. The van der Waals surface area contributed by atoms with Gasteiger partial charge in [0.1, 0.15) is 0 Å². The van der Waals surface area contributed by atoms with Crippen molar-refractivity contribution < 1.29 is 19.8 Å². The van der Waals surface area contributed by atoms with E-state index in [1.807, 2.05) is 0 Å². The number of amides is 1. The van der Waals surface area contributed by atoms with Gasteiger partial charge in [-0.15, -0.1) is 0 Å². The Morgan fingerprint density at radius 1 is 1.35 bits per heavy atom. The number of hydrogen-bond donors (Lipinski definition) is 3. The van der Waals surface area contributed by atoms with Gasteiger partial charge in [-0.2, -0.15) is 0 Å². The monoisotopic (exact) mass is 235 g/mol. The predicted molar refractivity (Wildman–Crippen MR) is 62.5 cm³/mol. The summed E-state index contributed by atoms with van der Waals surface area (Å²) in [7, 11) is 0. The number of aliphatic hydroxyl groups excluding tert-OH is 1. The van der Waals surface area contributed by atoms with Crippen molar-refractivity contribution in [2.75, 3.05) is 5.32 Å². The molecule has 5 nitrogen and oxygen atoms in total. The van der Waals surface area contributed by atoms with Crippen LogP contribution in [0.15, 0.2) is 36.4 Å². The van der Waals surface area contributed by atoms with Crippen LogP contribution in [0.1, 0.15) is 18.6 Å². The first-order valence-electron chi connectivity index (χ1n) is 4.99. The number of anilines is 1. The maximum atomic E-state index is 11.3. The maximum absolute atomic E-state index is 11.3. The van der Waals surface area contributed by atoms with E-state index < -0.39 is 18.0 Å². The first-order valence-corrected chi connectivity index (χ1v) is 4.99. The fourth-order valence-electron chi connectivity index (χ4n) is 1.21. The van der Waals surface area contributed by atoms with Crippen molar-refractivity contribution in [3.05, 3.63) is 42.0 Å². The smallest absolute Gasteiger partial charge is 0.328 e. The Labute approximate surface area is 98.4 Å². The van der Waals surface area contributed by atoms with Gasteiger partial charge in [-0.3, -0.25) is 4.79 Å².